The Balaban J connectivity index is 1.48. The number of carbonyl (C=O) groups is 2. The fourth-order valence-corrected chi connectivity index (χ4v) is 5.29. The van der Waals surface area contributed by atoms with E-state index >= 15 is 0 Å². The molecule has 4 nitrogen and oxygen atoms in total. The zero-order chi connectivity index (χ0) is 15.1. The lowest BCUT2D eigenvalue weighted by Crippen LogP contribution is -3.19. The summed E-state index contributed by atoms with van der Waals surface area (Å²) in [6.45, 7) is 1.76. The molecule has 120 valence electrons. The summed E-state index contributed by atoms with van der Waals surface area (Å²) in [6.07, 6.45) is 13.6. The van der Waals surface area contributed by atoms with Gasteiger partial charge >= 0.3 is 0 Å². The zero-order valence-corrected chi connectivity index (χ0v) is 13.3. The molecule has 2 heterocycles. The van der Waals surface area contributed by atoms with Crippen LogP contribution in [0.4, 0.5) is 0 Å². The lowest BCUT2D eigenvalue weighted by molar-refractivity contribution is -0.942. The highest BCUT2D eigenvalue weighted by Crippen LogP contribution is 2.35. The van der Waals surface area contributed by atoms with Crippen LogP contribution in [0.25, 0.3) is 0 Å². The van der Waals surface area contributed by atoms with Gasteiger partial charge in [0.1, 0.15) is 0 Å². The number of fused-ring (bicyclic) bond motifs is 2. The van der Waals surface area contributed by atoms with Gasteiger partial charge in [-0.15, -0.1) is 0 Å². The molecule has 2 aliphatic heterocycles. The van der Waals surface area contributed by atoms with Crippen LogP contribution in [0.1, 0.15) is 51.4 Å². The van der Waals surface area contributed by atoms with Crippen molar-refractivity contribution in [3.05, 3.63) is 12.2 Å². The number of allylic oxidation sites excluding steroid dienone is 2. The van der Waals surface area contributed by atoms with Crippen LogP contribution in [0.15, 0.2) is 12.2 Å². The van der Waals surface area contributed by atoms with Crippen molar-refractivity contribution >= 4 is 11.8 Å². The summed E-state index contributed by atoms with van der Waals surface area (Å²) in [4.78, 5) is 28.4. The van der Waals surface area contributed by atoms with E-state index in [2.05, 4.69) is 12.2 Å². The number of amides is 2. The van der Waals surface area contributed by atoms with E-state index in [9.17, 15) is 9.59 Å². The summed E-state index contributed by atoms with van der Waals surface area (Å²) in [6, 6.07) is 0.684. The van der Waals surface area contributed by atoms with Crippen molar-refractivity contribution in [2.24, 2.45) is 17.8 Å². The third-order valence-corrected chi connectivity index (χ3v) is 6.47. The zero-order valence-electron chi connectivity index (χ0n) is 13.3. The third kappa shape index (κ3) is 2.32. The Morgan fingerprint density at radius 3 is 2.32 bits per heavy atom. The molecule has 4 aliphatic rings. The van der Waals surface area contributed by atoms with Gasteiger partial charge in [0, 0.05) is 5.92 Å². The molecule has 2 aliphatic carbocycles. The van der Waals surface area contributed by atoms with Gasteiger partial charge in [0.25, 0.3) is 0 Å². The van der Waals surface area contributed by atoms with Crippen LogP contribution in [0.3, 0.4) is 0 Å². The molecule has 5 atom stereocenters. The molecule has 2 amide bonds. The first-order chi connectivity index (χ1) is 10.8. The maximum Gasteiger partial charge on any atom is 0.237 e. The number of piperidine rings is 1. The van der Waals surface area contributed by atoms with Crippen molar-refractivity contribution in [1.29, 1.82) is 0 Å². The van der Waals surface area contributed by atoms with Crippen LogP contribution in [-0.2, 0) is 9.59 Å². The molecule has 0 bridgehead atoms. The Kier molecular flexibility index (Phi) is 3.81. The van der Waals surface area contributed by atoms with Gasteiger partial charge in [0.2, 0.25) is 11.8 Å². The van der Waals surface area contributed by atoms with Crippen LogP contribution in [0.5, 0.6) is 0 Å². The van der Waals surface area contributed by atoms with Gasteiger partial charge in [-0.3, -0.25) is 9.59 Å². The monoisotopic (exact) mass is 303 g/mol. The lowest BCUT2D eigenvalue weighted by atomic mass is 9.78. The highest BCUT2D eigenvalue weighted by atomic mass is 16.2. The smallest absolute Gasteiger partial charge is 0.237 e. The molecule has 0 radical (unpaired) electrons. The maximum atomic E-state index is 12.6. The molecule has 22 heavy (non-hydrogen) atoms. The first-order valence-corrected chi connectivity index (χ1v) is 9.10. The van der Waals surface area contributed by atoms with Gasteiger partial charge in [-0.25, -0.2) is 4.90 Å². The maximum absolute atomic E-state index is 12.6. The first-order valence-electron chi connectivity index (χ1n) is 9.10. The van der Waals surface area contributed by atoms with E-state index in [-0.39, 0.29) is 23.7 Å². The Labute approximate surface area is 132 Å². The number of quaternary nitrogens is 1. The molecular formula is C18H27N2O2+. The van der Waals surface area contributed by atoms with Crippen LogP contribution in [0.2, 0.25) is 0 Å². The predicted octanol–water partition coefficient (Wildman–Crippen LogP) is 1.13. The van der Waals surface area contributed by atoms with E-state index in [1.54, 1.807) is 4.90 Å². The number of nitrogens with zero attached hydrogens (tertiary/aromatic N) is 1. The molecule has 1 N–H and O–H groups in total. The number of imide groups is 1. The van der Waals surface area contributed by atoms with Gasteiger partial charge in [0.05, 0.1) is 24.4 Å². The second-order valence-electron chi connectivity index (χ2n) is 7.62. The third-order valence-electron chi connectivity index (χ3n) is 6.47. The molecular weight excluding hydrogens is 276 g/mol. The summed E-state index contributed by atoms with van der Waals surface area (Å²) < 4.78 is 0. The Hall–Kier alpha value is -1.16. The molecule has 0 aromatic heterocycles. The van der Waals surface area contributed by atoms with E-state index in [0.717, 1.165) is 25.3 Å². The molecule has 1 saturated carbocycles. The van der Waals surface area contributed by atoms with E-state index in [4.69, 9.17) is 0 Å². The fraction of sp³-hybridized carbons (Fsp3) is 0.778. The molecule has 0 aromatic rings. The summed E-state index contributed by atoms with van der Waals surface area (Å²) in [5.41, 5.74) is 0. The van der Waals surface area contributed by atoms with Gasteiger partial charge in [-0.1, -0.05) is 18.6 Å². The molecule has 4 heteroatoms. The first kappa shape index (κ1) is 14.4. The average molecular weight is 303 g/mol. The Morgan fingerprint density at radius 2 is 1.59 bits per heavy atom. The minimum Gasteiger partial charge on any atom is -0.315 e. The van der Waals surface area contributed by atoms with Gasteiger partial charge in [0.15, 0.2) is 6.67 Å². The predicted molar refractivity (Wildman–Crippen MR) is 82.9 cm³/mol. The molecule has 0 spiro atoms. The van der Waals surface area contributed by atoms with Crippen molar-refractivity contribution < 1.29 is 14.5 Å². The normalized spacial score (nSPS) is 41.5. The Bertz CT molecular complexity index is 473. The summed E-state index contributed by atoms with van der Waals surface area (Å²) in [7, 11) is 0. The van der Waals surface area contributed by atoms with Crippen LogP contribution in [0, 0.1) is 17.8 Å². The number of hydrogen-bond donors (Lipinski definition) is 1. The summed E-state index contributed by atoms with van der Waals surface area (Å²) in [5.74, 6) is 0.900. The minimum atomic E-state index is -0.0659. The van der Waals surface area contributed by atoms with Crippen LogP contribution < -0.4 is 4.90 Å². The molecule has 2 saturated heterocycles. The molecule has 0 aromatic carbocycles. The number of rotatable bonds is 2. The highest BCUT2D eigenvalue weighted by Gasteiger charge is 2.49. The van der Waals surface area contributed by atoms with E-state index < -0.39 is 0 Å². The number of carbonyl (C=O) groups excluding carboxylic acids is 2. The van der Waals surface area contributed by atoms with Gasteiger partial charge < -0.3 is 4.90 Å². The standard InChI is InChI=1S/C18H26N2O2/c21-17-14-8-2-3-9-15(14)18(22)20(17)12-19-11-5-7-13-6-1-4-10-16(13)19/h2-3,13-16H,1,4-12H2/p+1/t13-,14-,15+,16+/m0/s1. The van der Waals surface area contributed by atoms with E-state index in [1.807, 2.05) is 0 Å². The average Bonchev–Trinajstić information content (AvgIpc) is 2.81. The second-order valence-corrected chi connectivity index (χ2v) is 7.62. The van der Waals surface area contributed by atoms with Crippen LogP contribution >= 0.6 is 0 Å². The van der Waals surface area contributed by atoms with Crippen molar-refractivity contribution in [2.75, 3.05) is 13.2 Å². The summed E-state index contributed by atoms with van der Waals surface area (Å²) >= 11 is 0. The summed E-state index contributed by atoms with van der Waals surface area (Å²) in [5, 5.41) is 0. The molecule has 4 rings (SSSR count). The largest absolute Gasteiger partial charge is 0.315 e. The van der Waals surface area contributed by atoms with Gasteiger partial charge in [-0.05, 0) is 44.9 Å². The van der Waals surface area contributed by atoms with Crippen LogP contribution in [-0.4, -0.2) is 36.0 Å². The van der Waals surface area contributed by atoms with E-state index in [1.165, 1.54) is 43.4 Å². The van der Waals surface area contributed by atoms with Crippen molar-refractivity contribution in [2.45, 2.75) is 57.4 Å². The number of nitrogens with one attached hydrogen (secondary N) is 1. The number of hydrogen-bond acceptors (Lipinski definition) is 2. The van der Waals surface area contributed by atoms with Crippen molar-refractivity contribution in [1.82, 2.24) is 4.90 Å². The number of likely N-dealkylation sites (tertiary alicyclic amines) is 2. The topological polar surface area (TPSA) is 41.8 Å². The second kappa shape index (κ2) is 5.80. The van der Waals surface area contributed by atoms with Crippen molar-refractivity contribution in [3.63, 3.8) is 0 Å². The quantitative estimate of drug-likeness (QED) is 0.614. The minimum absolute atomic E-state index is 0.0659. The fourth-order valence-electron chi connectivity index (χ4n) is 5.29. The highest BCUT2D eigenvalue weighted by molar-refractivity contribution is 6.05. The molecule has 1 unspecified atom stereocenters. The molecule has 3 fully saturated rings. The lowest BCUT2D eigenvalue weighted by Gasteiger charge is -2.42. The van der Waals surface area contributed by atoms with E-state index in [0.29, 0.717) is 12.7 Å². The SMILES string of the molecule is O=C1[C@H]2CC=CC[C@H]2C(=O)N1C[NH+]1CCC[C@@H]2CCCC[C@H]21. The Morgan fingerprint density at radius 1 is 0.955 bits per heavy atom. The van der Waals surface area contributed by atoms with Gasteiger partial charge in [-0.2, -0.15) is 0 Å². The van der Waals surface area contributed by atoms with Crippen molar-refractivity contribution in [3.8, 4) is 0 Å².